The summed E-state index contributed by atoms with van der Waals surface area (Å²) in [6.45, 7) is 0. The van der Waals surface area contributed by atoms with Crippen molar-refractivity contribution < 1.29 is 4.79 Å². The molecule has 1 aliphatic rings. The normalized spacial score (nSPS) is 22.0. The molecule has 1 heterocycles. The maximum atomic E-state index is 10.4. The molecule has 1 aromatic heterocycles. The van der Waals surface area contributed by atoms with Gasteiger partial charge in [0.2, 0.25) is 0 Å². The monoisotopic (exact) mass is 270 g/mol. The fraction of sp³-hybridized carbons (Fsp3) is 0.467. The van der Waals surface area contributed by atoms with Crippen LogP contribution in [-0.2, 0) is 17.6 Å². The van der Waals surface area contributed by atoms with Crippen molar-refractivity contribution in [3.05, 3.63) is 41.7 Å². The Kier molecular flexibility index (Phi) is 3.85. The highest BCUT2D eigenvalue weighted by atomic mass is 16.1. The van der Waals surface area contributed by atoms with Crippen molar-refractivity contribution in [2.45, 2.75) is 38.1 Å². The molecule has 2 atom stereocenters. The summed E-state index contributed by atoms with van der Waals surface area (Å²) in [6, 6.07) is 10.9. The molecule has 0 bridgehead atoms. The van der Waals surface area contributed by atoms with Gasteiger partial charge in [0.15, 0.2) is 5.82 Å². The molecule has 0 radical (unpaired) electrons. The Balaban J connectivity index is 1.60. The minimum absolute atomic E-state index is 0.250. The molecule has 2 unspecified atom stereocenters. The summed E-state index contributed by atoms with van der Waals surface area (Å²) in [7, 11) is 0. The largest absolute Gasteiger partial charge is 0.303 e. The lowest BCUT2D eigenvalue weighted by Gasteiger charge is -2.10. The van der Waals surface area contributed by atoms with Gasteiger partial charge in [0.05, 0.1) is 12.5 Å². The van der Waals surface area contributed by atoms with Crippen molar-refractivity contribution in [3.8, 4) is 0 Å². The third-order valence-corrected chi connectivity index (χ3v) is 3.94. The second kappa shape index (κ2) is 5.94. The summed E-state index contributed by atoms with van der Waals surface area (Å²) in [5.74, 6) is 1.20. The average Bonchev–Trinajstić information content (AvgIpc) is 3.10. The average molecular weight is 270 g/mol. The van der Waals surface area contributed by atoms with Crippen molar-refractivity contribution in [3.63, 3.8) is 0 Å². The number of aldehydes is 1. The van der Waals surface area contributed by atoms with Crippen LogP contribution in [-0.4, -0.2) is 26.5 Å². The molecule has 104 valence electrons. The number of hydrogen-bond acceptors (Lipinski definition) is 4. The van der Waals surface area contributed by atoms with Crippen molar-refractivity contribution in [1.29, 1.82) is 0 Å². The fourth-order valence-electron chi connectivity index (χ4n) is 2.96. The number of carbonyl (C=O) groups is 1. The fourth-order valence-corrected chi connectivity index (χ4v) is 2.96. The minimum atomic E-state index is 0.250. The molecule has 5 nitrogen and oxygen atoms in total. The van der Waals surface area contributed by atoms with Crippen LogP contribution >= 0.6 is 0 Å². The van der Waals surface area contributed by atoms with Gasteiger partial charge in [0.1, 0.15) is 6.29 Å². The summed E-state index contributed by atoms with van der Waals surface area (Å²) < 4.78 is 0. The Bertz CT molecular complexity index is 566. The molecule has 5 heteroatoms. The van der Waals surface area contributed by atoms with Gasteiger partial charge >= 0.3 is 0 Å². The zero-order chi connectivity index (χ0) is 13.8. The predicted molar refractivity (Wildman–Crippen MR) is 74.1 cm³/mol. The molecule has 1 aromatic carbocycles. The first-order valence-corrected chi connectivity index (χ1v) is 7.11. The molecule has 2 aromatic rings. The highest BCUT2D eigenvalue weighted by molar-refractivity contribution is 5.52. The van der Waals surface area contributed by atoms with E-state index in [1.165, 1.54) is 12.0 Å². The van der Waals surface area contributed by atoms with Gasteiger partial charge in [-0.25, -0.2) is 0 Å². The molecule has 1 fully saturated rings. The summed E-state index contributed by atoms with van der Waals surface area (Å²) in [5, 5.41) is 12.3. The van der Waals surface area contributed by atoms with Crippen molar-refractivity contribution >= 4 is 6.29 Å². The number of hydrogen-bond donors (Lipinski definition) is 0. The SMILES string of the molecule is O=CCc1nnn(C2CCC(Cc3ccccc3)C2)n1. The van der Waals surface area contributed by atoms with E-state index in [4.69, 9.17) is 0 Å². The van der Waals surface area contributed by atoms with Crippen LogP contribution in [0.15, 0.2) is 30.3 Å². The van der Waals surface area contributed by atoms with E-state index in [2.05, 4.69) is 45.7 Å². The molecule has 0 saturated heterocycles. The van der Waals surface area contributed by atoms with Gasteiger partial charge in [-0.15, -0.1) is 10.2 Å². The van der Waals surface area contributed by atoms with E-state index in [9.17, 15) is 4.79 Å². The molecule has 0 aliphatic heterocycles. The van der Waals surface area contributed by atoms with Crippen LogP contribution < -0.4 is 0 Å². The highest BCUT2D eigenvalue weighted by Crippen LogP contribution is 2.35. The highest BCUT2D eigenvalue weighted by Gasteiger charge is 2.27. The molecule has 0 spiro atoms. The van der Waals surface area contributed by atoms with E-state index in [0.29, 0.717) is 17.8 Å². The number of benzene rings is 1. The van der Waals surface area contributed by atoms with Crippen LogP contribution in [0.2, 0.25) is 0 Å². The van der Waals surface area contributed by atoms with Crippen LogP contribution in [0.5, 0.6) is 0 Å². The Morgan fingerprint density at radius 1 is 1.25 bits per heavy atom. The predicted octanol–water partition coefficient (Wildman–Crippen LogP) is 2.00. The minimum Gasteiger partial charge on any atom is -0.303 e. The van der Waals surface area contributed by atoms with E-state index in [-0.39, 0.29) is 6.42 Å². The van der Waals surface area contributed by atoms with Gasteiger partial charge in [0.25, 0.3) is 0 Å². The van der Waals surface area contributed by atoms with Gasteiger partial charge in [-0.1, -0.05) is 30.3 Å². The molecule has 3 rings (SSSR count). The smallest absolute Gasteiger partial charge is 0.181 e. The van der Waals surface area contributed by atoms with E-state index < -0.39 is 0 Å². The lowest BCUT2D eigenvalue weighted by molar-refractivity contribution is -0.107. The summed E-state index contributed by atoms with van der Waals surface area (Å²) in [6.07, 6.45) is 5.56. The Morgan fingerprint density at radius 2 is 2.10 bits per heavy atom. The van der Waals surface area contributed by atoms with Crippen molar-refractivity contribution in [2.24, 2.45) is 5.92 Å². The summed E-state index contributed by atoms with van der Waals surface area (Å²) >= 11 is 0. The molecule has 1 saturated carbocycles. The molecule has 1 aliphatic carbocycles. The summed E-state index contributed by atoms with van der Waals surface area (Å²) in [5.41, 5.74) is 1.39. The first-order chi connectivity index (χ1) is 9.85. The second-order valence-corrected chi connectivity index (χ2v) is 5.42. The zero-order valence-electron chi connectivity index (χ0n) is 11.4. The number of nitrogens with zero attached hydrogens (tertiary/aromatic N) is 4. The molecular weight excluding hydrogens is 252 g/mol. The molecular formula is C15H18N4O. The first kappa shape index (κ1) is 13.0. The quantitative estimate of drug-likeness (QED) is 0.780. The number of rotatable bonds is 5. The van der Waals surface area contributed by atoms with E-state index in [1.54, 1.807) is 4.80 Å². The lowest BCUT2D eigenvalue weighted by atomic mass is 9.98. The summed E-state index contributed by atoms with van der Waals surface area (Å²) in [4.78, 5) is 12.1. The maximum Gasteiger partial charge on any atom is 0.181 e. The van der Waals surface area contributed by atoms with E-state index in [1.807, 2.05) is 0 Å². The number of aromatic nitrogens is 4. The van der Waals surface area contributed by atoms with Crippen LogP contribution in [0, 0.1) is 5.92 Å². The zero-order valence-corrected chi connectivity index (χ0v) is 11.4. The molecule has 0 N–H and O–H groups in total. The van der Waals surface area contributed by atoms with Crippen LogP contribution in [0.1, 0.15) is 36.7 Å². The van der Waals surface area contributed by atoms with Gasteiger partial charge < -0.3 is 4.79 Å². The maximum absolute atomic E-state index is 10.4. The van der Waals surface area contributed by atoms with Crippen LogP contribution in [0.3, 0.4) is 0 Å². The van der Waals surface area contributed by atoms with Gasteiger partial charge in [-0.2, -0.15) is 4.80 Å². The number of carbonyl (C=O) groups excluding carboxylic acids is 1. The Labute approximate surface area is 118 Å². The van der Waals surface area contributed by atoms with Gasteiger partial charge in [-0.05, 0) is 42.4 Å². The Hall–Kier alpha value is -2.04. The molecule has 0 amide bonds. The topological polar surface area (TPSA) is 60.7 Å². The second-order valence-electron chi connectivity index (χ2n) is 5.42. The van der Waals surface area contributed by atoms with Gasteiger partial charge in [0, 0.05) is 0 Å². The van der Waals surface area contributed by atoms with E-state index in [0.717, 1.165) is 25.5 Å². The van der Waals surface area contributed by atoms with Crippen molar-refractivity contribution in [1.82, 2.24) is 20.2 Å². The Morgan fingerprint density at radius 3 is 2.90 bits per heavy atom. The first-order valence-electron chi connectivity index (χ1n) is 7.11. The third-order valence-electron chi connectivity index (χ3n) is 3.94. The van der Waals surface area contributed by atoms with Crippen molar-refractivity contribution in [2.75, 3.05) is 0 Å². The number of tetrazole rings is 1. The third kappa shape index (κ3) is 2.92. The van der Waals surface area contributed by atoms with Crippen LogP contribution in [0.4, 0.5) is 0 Å². The standard InChI is InChI=1S/C15H18N4O/c20-9-8-15-16-18-19(17-15)14-7-6-13(11-14)10-12-4-2-1-3-5-12/h1-5,9,13-14H,6-8,10-11H2. The van der Waals surface area contributed by atoms with Gasteiger partial charge in [-0.3, -0.25) is 0 Å². The molecule has 20 heavy (non-hydrogen) atoms. The lowest BCUT2D eigenvalue weighted by Crippen LogP contribution is -2.10. The van der Waals surface area contributed by atoms with Crippen LogP contribution in [0.25, 0.3) is 0 Å². The van der Waals surface area contributed by atoms with E-state index >= 15 is 0 Å².